The van der Waals surface area contributed by atoms with Crippen LogP contribution in [0.1, 0.15) is 21.5 Å². The van der Waals surface area contributed by atoms with Gasteiger partial charge in [0.15, 0.2) is 23.3 Å². The summed E-state index contributed by atoms with van der Waals surface area (Å²) in [6.07, 6.45) is -5.68. The SMILES string of the molecule is COc1ccc(-c2cccc(C)c2C(=O)Nc2c(F)c(F)c(C(F)(F)F)c(F)c2F)cc1. The molecule has 0 aliphatic rings. The first kappa shape index (κ1) is 23.1. The van der Waals surface area contributed by atoms with Gasteiger partial charge in [-0.2, -0.15) is 13.2 Å². The maximum Gasteiger partial charge on any atom is 0.422 e. The molecule has 3 nitrogen and oxygen atoms in total. The maximum absolute atomic E-state index is 14.2. The van der Waals surface area contributed by atoms with Gasteiger partial charge in [-0.1, -0.05) is 30.3 Å². The lowest BCUT2D eigenvalue weighted by atomic mass is 9.95. The van der Waals surface area contributed by atoms with Crippen LogP contribution in [0.15, 0.2) is 42.5 Å². The number of methoxy groups -OCH3 is 1. The van der Waals surface area contributed by atoms with Gasteiger partial charge in [-0.25, -0.2) is 17.6 Å². The Morgan fingerprint density at radius 3 is 1.94 bits per heavy atom. The molecule has 1 N–H and O–H groups in total. The Balaban J connectivity index is 2.09. The summed E-state index contributed by atoms with van der Waals surface area (Å²) in [7, 11) is 1.45. The van der Waals surface area contributed by atoms with Crippen LogP contribution in [-0.4, -0.2) is 13.0 Å². The number of alkyl halides is 3. The van der Waals surface area contributed by atoms with Crippen LogP contribution in [-0.2, 0) is 6.18 Å². The van der Waals surface area contributed by atoms with Crippen LogP contribution in [0.4, 0.5) is 36.4 Å². The molecule has 3 aromatic carbocycles. The highest BCUT2D eigenvalue weighted by atomic mass is 19.4. The monoisotopic (exact) mass is 457 g/mol. The molecule has 0 bridgehead atoms. The quantitative estimate of drug-likeness (QED) is 0.359. The van der Waals surface area contributed by atoms with E-state index in [0.29, 0.717) is 22.4 Å². The predicted octanol–water partition coefficient (Wildman–Crippen LogP) is 6.50. The van der Waals surface area contributed by atoms with E-state index in [2.05, 4.69) is 0 Å². The van der Waals surface area contributed by atoms with E-state index in [0.717, 1.165) is 0 Å². The molecule has 0 spiro atoms. The minimum absolute atomic E-state index is 0.0998. The Hall–Kier alpha value is -3.56. The molecule has 10 heteroatoms. The van der Waals surface area contributed by atoms with Gasteiger partial charge in [-0.05, 0) is 35.7 Å². The number of rotatable bonds is 4. The number of nitrogens with one attached hydrogen (secondary N) is 1. The molecular formula is C22H14F7NO2. The minimum atomic E-state index is -5.68. The van der Waals surface area contributed by atoms with Crippen LogP contribution in [0.25, 0.3) is 11.1 Å². The van der Waals surface area contributed by atoms with E-state index in [1.807, 2.05) is 0 Å². The normalized spacial score (nSPS) is 11.4. The van der Waals surface area contributed by atoms with Gasteiger partial charge in [0.25, 0.3) is 5.91 Å². The standard InChI is InChI=1S/C22H14F7NO2/c1-10-4-3-5-13(11-6-8-12(32-2)9-7-11)14(10)21(31)30-20-18(25)16(23)15(22(27,28)29)17(24)19(20)26/h3-9H,1-2H3,(H,30,31). The summed E-state index contributed by atoms with van der Waals surface area (Å²) in [5.74, 6) is -10.7. The molecule has 168 valence electrons. The molecule has 0 saturated heterocycles. The molecule has 3 rings (SSSR count). The Kier molecular flexibility index (Phi) is 6.16. The van der Waals surface area contributed by atoms with E-state index in [-0.39, 0.29) is 5.56 Å². The number of hydrogen-bond acceptors (Lipinski definition) is 2. The fourth-order valence-corrected chi connectivity index (χ4v) is 3.15. The number of ether oxygens (including phenoxy) is 1. The van der Waals surface area contributed by atoms with Gasteiger partial charge in [0.1, 0.15) is 17.0 Å². The van der Waals surface area contributed by atoms with E-state index in [9.17, 15) is 35.5 Å². The Morgan fingerprint density at radius 2 is 1.44 bits per heavy atom. The number of carbonyl (C=O) groups excluding carboxylic acids is 1. The largest absolute Gasteiger partial charge is 0.497 e. The average molecular weight is 457 g/mol. The number of halogens is 7. The summed E-state index contributed by atoms with van der Waals surface area (Å²) in [5.41, 5.74) is -3.34. The summed E-state index contributed by atoms with van der Waals surface area (Å²) in [6.45, 7) is 1.50. The molecule has 0 unspecified atom stereocenters. The first-order valence-electron chi connectivity index (χ1n) is 8.95. The highest BCUT2D eigenvalue weighted by Crippen LogP contribution is 2.39. The molecule has 0 saturated carbocycles. The van der Waals surface area contributed by atoms with E-state index in [1.54, 1.807) is 35.6 Å². The molecule has 3 aromatic rings. The molecule has 0 heterocycles. The fourth-order valence-electron chi connectivity index (χ4n) is 3.15. The van der Waals surface area contributed by atoms with Crippen LogP contribution in [0, 0.1) is 30.2 Å². The summed E-state index contributed by atoms with van der Waals surface area (Å²) in [5, 5.41) is 1.67. The molecule has 0 aromatic heterocycles. The minimum Gasteiger partial charge on any atom is -0.497 e. The maximum atomic E-state index is 14.2. The van der Waals surface area contributed by atoms with Gasteiger partial charge in [0.05, 0.1) is 12.7 Å². The highest BCUT2D eigenvalue weighted by molar-refractivity contribution is 6.10. The second-order valence-corrected chi connectivity index (χ2v) is 6.68. The first-order valence-corrected chi connectivity index (χ1v) is 8.95. The molecular weight excluding hydrogens is 443 g/mol. The third-order valence-corrected chi connectivity index (χ3v) is 4.69. The van der Waals surface area contributed by atoms with Crippen molar-refractivity contribution in [2.24, 2.45) is 0 Å². The van der Waals surface area contributed by atoms with Crippen molar-refractivity contribution in [2.75, 3.05) is 12.4 Å². The second-order valence-electron chi connectivity index (χ2n) is 6.68. The van der Waals surface area contributed by atoms with Crippen molar-refractivity contribution >= 4 is 11.6 Å². The second kappa shape index (κ2) is 8.52. The molecule has 0 aliphatic heterocycles. The lowest BCUT2D eigenvalue weighted by molar-refractivity contribution is -0.143. The topological polar surface area (TPSA) is 38.3 Å². The van der Waals surface area contributed by atoms with Gasteiger partial charge in [-0.3, -0.25) is 4.79 Å². The van der Waals surface area contributed by atoms with Crippen molar-refractivity contribution in [3.63, 3.8) is 0 Å². The van der Waals surface area contributed by atoms with Crippen LogP contribution in [0.3, 0.4) is 0 Å². The van der Waals surface area contributed by atoms with Crippen LogP contribution in [0.5, 0.6) is 5.75 Å². The van der Waals surface area contributed by atoms with Gasteiger partial charge in [0.2, 0.25) is 0 Å². The van der Waals surface area contributed by atoms with Crippen LogP contribution >= 0.6 is 0 Å². The number of anilines is 1. The number of hydrogen-bond donors (Lipinski definition) is 1. The summed E-state index contributed by atoms with van der Waals surface area (Å²) >= 11 is 0. The van der Waals surface area contributed by atoms with E-state index >= 15 is 0 Å². The van der Waals surface area contributed by atoms with Gasteiger partial charge >= 0.3 is 6.18 Å². The van der Waals surface area contributed by atoms with Gasteiger partial charge in [0, 0.05) is 0 Å². The lowest BCUT2D eigenvalue weighted by Crippen LogP contribution is -2.21. The van der Waals surface area contributed by atoms with Crippen molar-refractivity contribution in [1.82, 2.24) is 0 Å². The summed E-state index contributed by atoms with van der Waals surface area (Å²) in [6, 6.07) is 11.0. The van der Waals surface area contributed by atoms with E-state index < -0.39 is 46.6 Å². The number of carbonyl (C=O) groups is 1. The van der Waals surface area contributed by atoms with Gasteiger partial charge in [-0.15, -0.1) is 0 Å². The number of amides is 1. The van der Waals surface area contributed by atoms with E-state index in [1.165, 1.54) is 26.2 Å². The zero-order valence-electron chi connectivity index (χ0n) is 16.5. The molecule has 0 radical (unpaired) electrons. The molecule has 32 heavy (non-hydrogen) atoms. The van der Waals surface area contributed by atoms with E-state index in [4.69, 9.17) is 4.74 Å². The van der Waals surface area contributed by atoms with Crippen LogP contribution < -0.4 is 10.1 Å². The predicted molar refractivity (Wildman–Crippen MR) is 102 cm³/mol. The molecule has 0 fully saturated rings. The Morgan fingerprint density at radius 1 is 0.875 bits per heavy atom. The first-order chi connectivity index (χ1) is 15.0. The smallest absolute Gasteiger partial charge is 0.422 e. The fraction of sp³-hybridized carbons (Fsp3) is 0.136. The zero-order valence-corrected chi connectivity index (χ0v) is 16.5. The third kappa shape index (κ3) is 4.12. The summed E-state index contributed by atoms with van der Waals surface area (Å²) < 4.78 is 99.5. The van der Waals surface area contributed by atoms with Crippen molar-refractivity contribution in [3.8, 4) is 16.9 Å². The van der Waals surface area contributed by atoms with Crippen molar-refractivity contribution < 1.29 is 40.3 Å². The Labute approximate surface area is 177 Å². The van der Waals surface area contributed by atoms with Crippen molar-refractivity contribution in [1.29, 1.82) is 0 Å². The number of aryl methyl sites for hydroxylation is 1. The third-order valence-electron chi connectivity index (χ3n) is 4.69. The average Bonchev–Trinajstić information content (AvgIpc) is 2.74. The molecule has 0 aliphatic carbocycles. The molecule has 0 atom stereocenters. The summed E-state index contributed by atoms with van der Waals surface area (Å²) in [4.78, 5) is 12.8. The van der Waals surface area contributed by atoms with Crippen LogP contribution in [0.2, 0.25) is 0 Å². The van der Waals surface area contributed by atoms with Crippen molar-refractivity contribution in [2.45, 2.75) is 13.1 Å². The number of benzene rings is 3. The Bertz CT molecular complexity index is 1160. The zero-order chi connectivity index (χ0) is 23.8. The highest BCUT2D eigenvalue weighted by Gasteiger charge is 2.42. The van der Waals surface area contributed by atoms with Crippen molar-refractivity contribution in [3.05, 3.63) is 82.4 Å². The lowest BCUT2D eigenvalue weighted by Gasteiger charge is -2.17. The molecule has 1 amide bonds. The van der Waals surface area contributed by atoms with Gasteiger partial charge < -0.3 is 10.1 Å².